The Morgan fingerprint density at radius 3 is 2.43 bits per heavy atom. The molecule has 1 N–H and O–H groups in total. The summed E-state index contributed by atoms with van der Waals surface area (Å²) in [5, 5.41) is 7.73. The Balaban J connectivity index is 1.41. The number of amides is 1. The Morgan fingerprint density at radius 2 is 1.78 bits per heavy atom. The maximum atomic E-state index is 13.3. The second-order valence-electron chi connectivity index (χ2n) is 8.94. The summed E-state index contributed by atoms with van der Waals surface area (Å²) in [6, 6.07) is 17.6. The molecule has 4 aromatic rings. The van der Waals surface area contributed by atoms with Crippen LogP contribution in [0.1, 0.15) is 31.4 Å². The van der Waals surface area contributed by atoms with Crippen LogP contribution in [0, 0.1) is 5.82 Å². The fourth-order valence-corrected chi connectivity index (χ4v) is 5.01. The highest BCUT2D eigenvalue weighted by atomic mass is 32.2. The largest absolute Gasteiger partial charge is 0.484 e. The molecule has 0 saturated heterocycles. The van der Waals surface area contributed by atoms with Crippen LogP contribution in [0.25, 0.3) is 16.6 Å². The van der Waals surface area contributed by atoms with Gasteiger partial charge in [-0.1, -0.05) is 12.1 Å². The van der Waals surface area contributed by atoms with Crippen LogP contribution in [0.3, 0.4) is 0 Å². The lowest BCUT2D eigenvalue weighted by Gasteiger charge is -2.27. The van der Waals surface area contributed by atoms with E-state index in [1.165, 1.54) is 31.9 Å². The Labute approximate surface area is 214 Å². The van der Waals surface area contributed by atoms with Crippen molar-refractivity contribution in [3.63, 3.8) is 0 Å². The number of carbonyl (C=O) groups excluding carboxylic acids is 1. The lowest BCUT2D eigenvalue weighted by molar-refractivity contribution is -0.174. The minimum atomic E-state index is -5.00. The Kier molecular flexibility index (Phi) is 6.85. The Bertz CT molecular complexity index is 1400. The van der Waals surface area contributed by atoms with Gasteiger partial charge in [0.2, 0.25) is 0 Å². The van der Waals surface area contributed by atoms with Crippen molar-refractivity contribution in [1.82, 2.24) is 15.1 Å². The number of halogens is 4. The number of ether oxygens (including phenoxy) is 1. The van der Waals surface area contributed by atoms with E-state index in [4.69, 9.17) is 4.74 Å². The summed E-state index contributed by atoms with van der Waals surface area (Å²) in [6.45, 7) is 1.48. The molecule has 3 aromatic carbocycles. The normalized spacial score (nSPS) is 15.4. The van der Waals surface area contributed by atoms with Gasteiger partial charge in [-0.3, -0.25) is 4.79 Å². The van der Waals surface area contributed by atoms with Gasteiger partial charge in [-0.15, -0.1) is 11.8 Å². The van der Waals surface area contributed by atoms with Crippen molar-refractivity contribution in [2.24, 2.45) is 0 Å². The third kappa shape index (κ3) is 5.90. The third-order valence-corrected chi connectivity index (χ3v) is 7.33. The van der Waals surface area contributed by atoms with E-state index in [1.54, 1.807) is 53.0 Å². The van der Waals surface area contributed by atoms with Crippen molar-refractivity contribution in [2.45, 2.75) is 48.2 Å². The van der Waals surface area contributed by atoms with Crippen LogP contribution in [0.4, 0.5) is 17.6 Å². The van der Waals surface area contributed by atoms with Crippen molar-refractivity contribution in [3.05, 3.63) is 84.3 Å². The third-order valence-electron chi connectivity index (χ3n) is 5.98. The number of nitrogens with one attached hydrogen (secondary N) is 1. The first kappa shape index (κ1) is 25.1. The summed E-state index contributed by atoms with van der Waals surface area (Å²) in [5.74, 6) is -1.97. The van der Waals surface area contributed by atoms with Gasteiger partial charge in [0.25, 0.3) is 0 Å². The van der Waals surface area contributed by atoms with Crippen molar-refractivity contribution in [2.75, 3.05) is 0 Å². The first-order chi connectivity index (χ1) is 17.7. The molecule has 0 spiro atoms. The van der Waals surface area contributed by atoms with Crippen LogP contribution in [0.5, 0.6) is 5.75 Å². The van der Waals surface area contributed by atoms with Gasteiger partial charge in [0.1, 0.15) is 17.7 Å². The molecule has 192 valence electrons. The molecule has 0 bridgehead atoms. The van der Waals surface area contributed by atoms with Gasteiger partial charge in [0.15, 0.2) is 0 Å². The van der Waals surface area contributed by atoms with Crippen LogP contribution in [0.15, 0.2) is 77.8 Å². The molecular weight excluding hydrogens is 506 g/mol. The zero-order valence-corrected chi connectivity index (χ0v) is 20.5. The highest BCUT2D eigenvalue weighted by Crippen LogP contribution is 2.39. The predicted octanol–water partition coefficient (Wildman–Crippen LogP) is 6.61. The number of hydrogen-bond acceptors (Lipinski definition) is 4. The van der Waals surface area contributed by atoms with Gasteiger partial charge in [0, 0.05) is 15.5 Å². The zero-order chi connectivity index (χ0) is 26.2. The number of aromatic nitrogens is 2. The number of hydrogen-bond donors (Lipinski definition) is 1. The van der Waals surface area contributed by atoms with Gasteiger partial charge < -0.3 is 10.1 Å². The summed E-state index contributed by atoms with van der Waals surface area (Å²) < 4.78 is 59.9. The van der Waals surface area contributed by atoms with E-state index in [2.05, 4.69) is 5.10 Å². The van der Waals surface area contributed by atoms with Gasteiger partial charge >= 0.3 is 12.1 Å². The van der Waals surface area contributed by atoms with Crippen molar-refractivity contribution < 1.29 is 27.1 Å². The predicted molar refractivity (Wildman–Crippen MR) is 133 cm³/mol. The molecule has 2 atom stereocenters. The zero-order valence-electron chi connectivity index (χ0n) is 19.7. The van der Waals surface area contributed by atoms with Crippen LogP contribution >= 0.6 is 11.8 Å². The molecule has 1 saturated carbocycles. The monoisotopic (exact) mass is 529 g/mol. The first-order valence-electron chi connectivity index (χ1n) is 11.7. The summed E-state index contributed by atoms with van der Waals surface area (Å²) in [4.78, 5) is 12.7. The highest BCUT2D eigenvalue weighted by molar-refractivity contribution is 8.00. The van der Waals surface area contributed by atoms with E-state index in [0.29, 0.717) is 22.3 Å². The number of rotatable bonds is 8. The van der Waals surface area contributed by atoms with E-state index in [-0.39, 0.29) is 5.82 Å². The number of alkyl halides is 3. The van der Waals surface area contributed by atoms with Crippen molar-refractivity contribution in [1.29, 1.82) is 0 Å². The molecule has 10 heteroatoms. The summed E-state index contributed by atoms with van der Waals surface area (Å²) >= 11 is 1.77. The molecule has 1 aromatic heterocycles. The number of thioether (sulfide) groups is 1. The van der Waals surface area contributed by atoms with Crippen LogP contribution in [-0.2, 0) is 4.79 Å². The van der Waals surface area contributed by atoms with Crippen molar-refractivity contribution in [3.8, 4) is 11.4 Å². The van der Waals surface area contributed by atoms with Crippen molar-refractivity contribution >= 4 is 28.6 Å². The average molecular weight is 530 g/mol. The fraction of sp³-hybridized carbons (Fsp3) is 0.259. The number of fused-ring (bicyclic) bond motifs is 1. The standard InChI is InChI=1S/C27H23F4N3O2S/c1-16(33-26(35)27(29,30)31)25(17-2-9-22(10-3-17)37-23-11-12-23)36-21-8-13-24-18(14-21)15-32-34(24)20-6-4-19(28)5-7-20/h2-10,13-16,23,25H,11-12H2,1H3,(H,33,35). The molecule has 1 fully saturated rings. The number of benzene rings is 3. The molecule has 1 amide bonds. The van der Waals surface area contributed by atoms with Gasteiger partial charge in [0.05, 0.1) is 23.4 Å². The summed E-state index contributed by atoms with van der Waals surface area (Å²) in [6.07, 6.45) is -1.90. The van der Waals surface area contributed by atoms with E-state index in [0.717, 1.165) is 15.8 Å². The summed E-state index contributed by atoms with van der Waals surface area (Å²) in [5.41, 5.74) is 2.06. The molecule has 2 unspecified atom stereocenters. The fourth-order valence-electron chi connectivity index (χ4n) is 3.96. The molecule has 1 aliphatic rings. The summed E-state index contributed by atoms with van der Waals surface area (Å²) in [7, 11) is 0. The van der Waals surface area contributed by atoms with Gasteiger partial charge in [-0.05, 0) is 79.9 Å². The quantitative estimate of drug-likeness (QED) is 0.261. The lowest BCUT2D eigenvalue weighted by atomic mass is 10.0. The molecule has 5 rings (SSSR count). The minimum absolute atomic E-state index is 0.354. The van der Waals surface area contributed by atoms with E-state index >= 15 is 0 Å². The Morgan fingerprint density at radius 1 is 1.08 bits per heavy atom. The van der Waals surface area contributed by atoms with E-state index in [9.17, 15) is 22.4 Å². The van der Waals surface area contributed by atoms with Crippen LogP contribution < -0.4 is 10.1 Å². The van der Waals surface area contributed by atoms with E-state index in [1.807, 2.05) is 29.6 Å². The van der Waals surface area contributed by atoms with E-state index < -0.39 is 24.2 Å². The molecule has 1 heterocycles. The second kappa shape index (κ2) is 10.1. The minimum Gasteiger partial charge on any atom is -0.484 e. The van der Waals surface area contributed by atoms with Gasteiger partial charge in [-0.25, -0.2) is 9.07 Å². The lowest BCUT2D eigenvalue weighted by Crippen LogP contribution is -2.45. The number of nitrogens with zero attached hydrogens (tertiary/aromatic N) is 2. The number of carbonyl (C=O) groups is 1. The van der Waals surface area contributed by atoms with Crippen LogP contribution in [0.2, 0.25) is 0 Å². The van der Waals surface area contributed by atoms with Crippen LogP contribution in [-0.4, -0.2) is 33.2 Å². The molecule has 1 aliphatic carbocycles. The molecular formula is C27H23F4N3O2S. The first-order valence-corrected chi connectivity index (χ1v) is 12.6. The maximum Gasteiger partial charge on any atom is 0.471 e. The Hall–Kier alpha value is -3.53. The topological polar surface area (TPSA) is 56.1 Å². The molecule has 0 radical (unpaired) electrons. The molecule has 0 aliphatic heterocycles. The average Bonchev–Trinajstić information content (AvgIpc) is 3.58. The second-order valence-corrected chi connectivity index (χ2v) is 10.3. The SMILES string of the molecule is CC(NC(=O)C(F)(F)F)C(Oc1ccc2c(cnn2-c2ccc(F)cc2)c1)c1ccc(SC2CC2)cc1. The van der Waals surface area contributed by atoms with Gasteiger partial charge in [-0.2, -0.15) is 18.3 Å². The molecule has 37 heavy (non-hydrogen) atoms. The highest BCUT2D eigenvalue weighted by Gasteiger charge is 2.40. The smallest absolute Gasteiger partial charge is 0.471 e. The molecule has 5 nitrogen and oxygen atoms in total. The maximum absolute atomic E-state index is 13.3.